The van der Waals surface area contributed by atoms with Crippen LogP contribution in [0.3, 0.4) is 0 Å². The largest absolute Gasteiger partial charge is 0.496 e. The molecule has 2 aromatic carbocycles. The second-order valence-corrected chi connectivity index (χ2v) is 6.21. The Bertz CT molecular complexity index is 758. The molecule has 5 heteroatoms. The first kappa shape index (κ1) is 19.5. The Morgan fingerprint density at radius 3 is 2.35 bits per heavy atom. The van der Waals surface area contributed by atoms with E-state index in [1.165, 1.54) is 6.92 Å². The van der Waals surface area contributed by atoms with Gasteiger partial charge in [0.25, 0.3) is 0 Å². The Morgan fingerprint density at radius 1 is 1.04 bits per heavy atom. The molecule has 0 aliphatic carbocycles. The molecule has 2 amide bonds. The summed E-state index contributed by atoms with van der Waals surface area (Å²) in [5, 5.41) is 2.89. The summed E-state index contributed by atoms with van der Waals surface area (Å²) >= 11 is 0. The van der Waals surface area contributed by atoms with Crippen LogP contribution >= 0.6 is 0 Å². The molecule has 0 heterocycles. The summed E-state index contributed by atoms with van der Waals surface area (Å²) in [5.74, 6) is 0.621. The molecule has 5 nitrogen and oxygen atoms in total. The zero-order valence-corrected chi connectivity index (χ0v) is 15.6. The predicted molar refractivity (Wildman–Crippen MR) is 102 cm³/mol. The van der Waals surface area contributed by atoms with Gasteiger partial charge in [-0.25, -0.2) is 0 Å². The van der Waals surface area contributed by atoms with Crippen molar-refractivity contribution in [3.8, 4) is 5.75 Å². The maximum absolute atomic E-state index is 12.2. The molecule has 0 fully saturated rings. The molecule has 1 N–H and O–H groups in total. The first-order valence-electron chi connectivity index (χ1n) is 8.70. The van der Waals surface area contributed by atoms with Crippen LogP contribution in [0.4, 0.5) is 0 Å². The molecule has 0 aromatic heterocycles. The van der Waals surface area contributed by atoms with Crippen LogP contribution in [0.25, 0.3) is 0 Å². The summed E-state index contributed by atoms with van der Waals surface area (Å²) in [5.41, 5.74) is 3.16. The molecule has 138 valence electrons. The topological polar surface area (TPSA) is 58.6 Å². The zero-order chi connectivity index (χ0) is 18.9. The Morgan fingerprint density at radius 2 is 1.69 bits per heavy atom. The monoisotopic (exact) mass is 354 g/mol. The summed E-state index contributed by atoms with van der Waals surface area (Å²) in [7, 11) is 1.61. The molecule has 0 unspecified atom stereocenters. The SMILES string of the molecule is COc1ccccc1CNC(=O)CCN(Cc1ccccc1C)C(C)=O. The van der Waals surface area contributed by atoms with Crippen molar-refractivity contribution >= 4 is 11.8 Å². The van der Waals surface area contributed by atoms with E-state index in [4.69, 9.17) is 4.74 Å². The molecule has 2 rings (SSSR count). The summed E-state index contributed by atoms with van der Waals surface area (Å²) in [6, 6.07) is 15.5. The van der Waals surface area contributed by atoms with Crippen molar-refractivity contribution < 1.29 is 14.3 Å². The highest BCUT2D eigenvalue weighted by Gasteiger charge is 2.13. The van der Waals surface area contributed by atoms with Crippen LogP contribution in [0.1, 0.15) is 30.0 Å². The minimum Gasteiger partial charge on any atom is -0.496 e. The number of nitrogens with one attached hydrogen (secondary N) is 1. The number of rotatable bonds is 8. The quantitative estimate of drug-likeness (QED) is 0.793. The summed E-state index contributed by atoms with van der Waals surface area (Å²) in [6.07, 6.45) is 0.264. The van der Waals surface area contributed by atoms with Gasteiger partial charge in [-0.05, 0) is 24.1 Å². The molecule has 0 saturated heterocycles. The smallest absolute Gasteiger partial charge is 0.222 e. The van der Waals surface area contributed by atoms with E-state index in [0.29, 0.717) is 19.6 Å². The molecule has 0 spiro atoms. The van der Waals surface area contributed by atoms with E-state index in [2.05, 4.69) is 5.32 Å². The Kier molecular flexibility index (Phi) is 7.21. The highest BCUT2D eigenvalue weighted by Crippen LogP contribution is 2.16. The molecular weight excluding hydrogens is 328 g/mol. The van der Waals surface area contributed by atoms with E-state index >= 15 is 0 Å². The molecule has 0 bridgehead atoms. The lowest BCUT2D eigenvalue weighted by Gasteiger charge is -2.22. The fourth-order valence-electron chi connectivity index (χ4n) is 2.71. The van der Waals surface area contributed by atoms with E-state index in [1.54, 1.807) is 12.0 Å². The van der Waals surface area contributed by atoms with Gasteiger partial charge in [-0.3, -0.25) is 9.59 Å². The molecule has 0 saturated carbocycles. The molecular formula is C21H26N2O3. The number of benzene rings is 2. The number of carbonyl (C=O) groups is 2. The number of para-hydroxylation sites is 1. The van der Waals surface area contributed by atoms with Crippen molar-refractivity contribution in [3.05, 3.63) is 65.2 Å². The van der Waals surface area contributed by atoms with Gasteiger partial charge in [0.15, 0.2) is 0 Å². The lowest BCUT2D eigenvalue weighted by Crippen LogP contribution is -2.33. The molecule has 0 aliphatic heterocycles. The van der Waals surface area contributed by atoms with Gasteiger partial charge in [0.2, 0.25) is 11.8 Å². The second-order valence-electron chi connectivity index (χ2n) is 6.21. The Hall–Kier alpha value is -2.82. The highest BCUT2D eigenvalue weighted by molar-refractivity contribution is 5.78. The number of nitrogens with zero attached hydrogens (tertiary/aromatic N) is 1. The summed E-state index contributed by atoms with van der Waals surface area (Å²) in [6.45, 7) is 4.86. The lowest BCUT2D eigenvalue weighted by molar-refractivity contribution is -0.130. The average molecular weight is 354 g/mol. The van der Waals surface area contributed by atoms with Gasteiger partial charge >= 0.3 is 0 Å². The number of amides is 2. The van der Waals surface area contributed by atoms with Crippen molar-refractivity contribution in [2.24, 2.45) is 0 Å². The molecule has 26 heavy (non-hydrogen) atoms. The molecule has 0 aliphatic rings. The summed E-state index contributed by atoms with van der Waals surface area (Å²) in [4.78, 5) is 25.8. The lowest BCUT2D eigenvalue weighted by atomic mass is 10.1. The van der Waals surface area contributed by atoms with E-state index in [0.717, 1.165) is 22.4 Å². The van der Waals surface area contributed by atoms with Gasteiger partial charge < -0.3 is 15.0 Å². The normalized spacial score (nSPS) is 10.3. The number of hydrogen-bond acceptors (Lipinski definition) is 3. The van der Waals surface area contributed by atoms with Crippen LogP contribution in [-0.2, 0) is 22.7 Å². The number of aryl methyl sites for hydroxylation is 1. The maximum atomic E-state index is 12.2. The van der Waals surface area contributed by atoms with Gasteiger partial charge in [0, 0.05) is 38.5 Å². The number of hydrogen-bond donors (Lipinski definition) is 1. The summed E-state index contributed by atoms with van der Waals surface area (Å²) < 4.78 is 5.28. The first-order chi connectivity index (χ1) is 12.5. The van der Waals surface area contributed by atoms with E-state index in [9.17, 15) is 9.59 Å². The zero-order valence-electron chi connectivity index (χ0n) is 15.6. The number of methoxy groups -OCH3 is 1. The Labute approximate surface area is 155 Å². The van der Waals surface area contributed by atoms with E-state index in [1.807, 2.05) is 55.5 Å². The van der Waals surface area contributed by atoms with E-state index < -0.39 is 0 Å². The van der Waals surface area contributed by atoms with E-state index in [-0.39, 0.29) is 18.2 Å². The van der Waals surface area contributed by atoms with Crippen molar-refractivity contribution in [2.75, 3.05) is 13.7 Å². The minimum atomic E-state index is -0.0908. The molecule has 0 atom stereocenters. The van der Waals surface area contributed by atoms with Gasteiger partial charge in [0.05, 0.1) is 7.11 Å². The van der Waals surface area contributed by atoms with Crippen LogP contribution < -0.4 is 10.1 Å². The third kappa shape index (κ3) is 5.62. The average Bonchev–Trinajstić information content (AvgIpc) is 2.64. The fourth-order valence-corrected chi connectivity index (χ4v) is 2.71. The van der Waals surface area contributed by atoms with Crippen LogP contribution in [0.2, 0.25) is 0 Å². The van der Waals surface area contributed by atoms with Gasteiger partial charge in [0.1, 0.15) is 5.75 Å². The third-order valence-corrected chi connectivity index (χ3v) is 4.35. The highest BCUT2D eigenvalue weighted by atomic mass is 16.5. The van der Waals surface area contributed by atoms with Crippen molar-refractivity contribution in [2.45, 2.75) is 33.4 Å². The van der Waals surface area contributed by atoms with Gasteiger partial charge in [-0.15, -0.1) is 0 Å². The standard InChI is InChI=1S/C21H26N2O3/c1-16-8-4-5-10-19(16)15-23(17(2)24)13-12-21(25)22-14-18-9-6-7-11-20(18)26-3/h4-11H,12-15H2,1-3H3,(H,22,25). The third-order valence-electron chi connectivity index (χ3n) is 4.35. The Balaban J connectivity index is 1.87. The van der Waals surface area contributed by atoms with Gasteiger partial charge in [-0.1, -0.05) is 42.5 Å². The van der Waals surface area contributed by atoms with Crippen LogP contribution in [0.15, 0.2) is 48.5 Å². The van der Waals surface area contributed by atoms with Crippen molar-refractivity contribution in [1.29, 1.82) is 0 Å². The number of ether oxygens (including phenoxy) is 1. The minimum absolute atomic E-state index is 0.0363. The second kappa shape index (κ2) is 9.61. The first-order valence-corrected chi connectivity index (χ1v) is 8.70. The number of carbonyl (C=O) groups excluding carboxylic acids is 2. The van der Waals surface area contributed by atoms with Crippen molar-refractivity contribution in [3.63, 3.8) is 0 Å². The molecule has 0 radical (unpaired) electrons. The van der Waals surface area contributed by atoms with Crippen molar-refractivity contribution in [1.82, 2.24) is 10.2 Å². The van der Waals surface area contributed by atoms with Crippen LogP contribution in [-0.4, -0.2) is 30.4 Å². The van der Waals surface area contributed by atoms with Crippen LogP contribution in [0, 0.1) is 6.92 Å². The van der Waals surface area contributed by atoms with Crippen LogP contribution in [0.5, 0.6) is 5.75 Å². The van der Waals surface area contributed by atoms with Gasteiger partial charge in [-0.2, -0.15) is 0 Å². The maximum Gasteiger partial charge on any atom is 0.222 e. The molecule has 2 aromatic rings. The fraction of sp³-hybridized carbons (Fsp3) is 0.333. The predicted octanol–water partition coefficient (Wildman–Crippen LogP) is 3.06.